The highest BCUT2D eigenvalue weighted by molar-refractivity contribution is 9.10. The van der Waals surface area contributed by atoms with Crippen LogP contribution in [0.3, 0.4) is 0 Å². The Balaban J connectivity index is 1.81. The molecule has 0 radical (unpaired) electrons. The summed E-state index contributed by atoms with van der Waals surface area (Å²) in [5, 5.41) is 3.37. The first kappa shape index (κ1) is 13.8. The van der Waals surface area contributed by atoms with Crippen LogP contribution in [0.4, 0.5) is 0 Å². The molecule has 18 heavy (non-hydrogen) atoms. The average molecular weight is 314 g/mol. The zero-order valence-corrected chi connectivity index (χ0v) is 12.3. The van der Waals surface area contributed by atoms with Crippen LogP contribution < -0.4 is 10.1 Å². The summed E-state index contributed by atoms with van der Waals surface area (Å²) in [5.74, 6) is 1.58. The first-order valence-electron chi connectivity index (χ1n) is 6.40. The molecular weight excluding hydrogens is 294 g/mol. The summed E-state index contributed by atoms with van der Waals surface area (Å²) in [5.41, 5.74) is 1.14. The number of ether oxygens (including phenoxy) is 2. The Morgan fingerprint density at radius 2 is 2.11 bits per heavy atom. The van der Waals surface area contributed by atoms with Crippen LogP contribution in [0.2, 0.25) is 0 Å². The number of rotatable bonds is 5. The Labute approximate surface area is 117 Å². The normalized spacial score (nSPS) is 16.8. The highest BCUT2D eigenvalue weighted by atomic mass is 79.9. The first-order valence-corrected chi connectivity index (χ1v) is 7.20. The highest BCUT2D eigenvalue weighted by Crippen LogP contribution is 2.23. The predicted molar refractivity (Wildman–Crippen MR) is 75.9 cm³/mol. The SMILES string of the molecule is COc1ccc(Br)c(COCC2CCNCC2)c1. The lowest BCUT2D eigenvalue weighted by molar-refractivity contribution is 0.0759. The van der Waals surface area contributed by atoms with Crippen molar-refractivity contribution in [2.24, 2.45) is 5.92 Å². The van der Waals surface area contributed by atoms with Gasteiger partial charge in [0.1, 0.15) is 5.75 Å². The second-order valence-corrected chi connectivity index (χ2v) is 5.52. The summed E-state index contributed by atoms with van der Waals surface area (Å²) in [6, 6.07) is 5.97. The zero-order valence-electron chi connectivity index (χ0n) is 10.7. The van der Waals surface area contributed by atoms with Gasteiger partial charge in [0.05, 0.1) is 13.7 Å². The van der Waals surface area contributed by atoms with Crippen molar-refractivity contribution in [1.29, 1.82) is 0 Å². The Morgan fingerprint density at radius 3 is 2.83 bits per heavy atom. The van der Waals surface area contributed by atoms with Gasteiger partial charge in [0.15, 0.2) is 0 Å². The third kappa shape index (κ3) is 3.97. The Kier molecular flexibility index (Phi) is 5.47. The zero-order chi connectivity index (χ0) is 12.8. The fraction of sp³-hybridized carbons (Fsp3) is 0.571. The number of nitrogens with one attached hydrogen (secondary N) is 1. The monoisotopic (exact) mass is 313 g/mol. The van der Waals surface area contributed by atoms with Gasteiger partial charge in [0, 0.05) is 11.1 Å². The van der Waals surface area contributed by atoms with E-state index in [1.54, 1.807) is 7.11 Å². The Morgan fingerprint density at radius 1 is 1.33 bits per heavy atom. The van der Waals surface area contributed by atoms with E-state index in [-0.39, 0.29) is 0 Å². The number of hydrogen-bond donors (Lipinski definition) is 1. The van der Waals surface area contributed by atoms with Crippen molar-refractivity contribution >= 4 is 15.9 Å². The van der Waals surface area contributed by atoms with Crippen molar-refractivity contribution in [1.82, 2.24) is 5.32 Å². The van der Waals surface area contributed by atoms with Crippen LogP contribution in [0, 0.1) is 5.92 Å². The molecule has 0 unspecified atom stereocenters. The fourth-order valence-electron chi connectivity index (χ4n) is 2.17. The Bertz CT molecular complexity index is 378. The molecule has 100 valence electrons. The number of hydrogen-bond acceptors (Lipinski definition) is 3. The number of piperidine rings is 1. The van der Waals surface area contributed by atoms with Gasteiger partial charge < -0.3 is 14.8 Å². The van der Waals surface area contributed by atoms with Gasteiger partial charge in [-0.1, -0.05) is 15.9 Å². The average Bonchev–Trinajstić information content (AvgIpc) is 2.42. The summed E-state index contributed by atoms with van der Waals surface area (Å²) in [6.07, 6.45) is 2.44. The van der Waals surface area contributed by atoms with Crippen LogP contribution in [-0.2, 0) is 11.3 Å². The first-order chi connectivity index (χ1) is 8.79. The number of halogens is 1. The quantitative estimate of drug-likeness (QED) is 0.906. The van der Waals surface area contributed by atoms with Crippen molar-refractivity contribution in [3.63, 3.8) is 0 Å². The van der Waals surface area contributed by atoms with Crippen LogP contribution in [0.15, 0.2) is 22.7 Å². The Hall–Kier alpha value is -0.580. The van der Waals surface area contributed by atoms with Crippen LogP contribution in [0.1, 0.15) is 18.4 Å². The molecule has 0 atom stereocenters. The van der Waals surface area contributed by atoms with Gasteiger partial charge in [-0.2, -0.15) is 0 Å². The van der Waals surface area contributed by atoms with Gasteiger partial charge in [-0.05, 0) is 55.6 Å². The van der Waals surface area contributed by atoms with Gasteiger partial charge in [-0.3, -0.25) is 0 Å². The molecule has 1 saturated heterocycles. The lowest BCUT2D eigenvalue weighted by Gasteiger charge is -2.22. The van der Waals surface area contributed by atoms with Crippen molar-refractivity contribution in [3.8, 4) is 5.75 Å². The molecule has 1 heterocycles. The molecule has 0 aliphatic carbocycles. The fourth-order valence-corrected chi connectivity index (χ4v) is 2.53. The van der Waals surface area contributed by atoms with E-state index >= 15 is 0 Å². The predicted octanol–water partition coefficient (Wildman–Crippen LogP) is 2.97. The summed E-state index contributed by atoms with van der Waals surface area (Å²) >= 11 is 3.54. The molecule has 0 amide bonds. The third-order valence-electron chi connectivity index (χ3n) is 3.32. The largest absolute Gasteiger partial charge is 0.497 e. The summed E-state index contributed by atoms with van der Waals surface area (Å²) < 4.78 is 12.1. The molecule has 1 N–H and O–H groups in total. The molecule has 0 saturated carbocycles. The van der Waals surface area contributed by atoms with E-state index in [4.69, 9.17) is 9.47 Å². The highest BCUT2D eigenvalue weighted by Gasteiger charge is 2.13. The molecular formula is C14H20BrNO2. The topological polar surface area (TPSA) is 30.5 Å². The molecule has 1 aliphatic heterocycles. The van der Waals surface area contributed by atoms with Gasteiger partial charge in [0.2, 0.25) is 0 Å². The van der Waals surface area contributed by atoms with E-state index in [9.17, 15) is 0 Å². The van der Waals surface area contributed by atoms with Crippen molar-refractivity contribution in [2.75, 3.05) is 26.8 Å². The standard InChI is InChI=1S/C14H20BrNO2/c1-17-13-2-3-14(15)12(8-13)10-18-9-11-4-6-16-7-5-11/h2-3,8,11,16H,4-7,9-10H2,1H3. The van der Waals surface area contributed by atoms with E-state index in [1.807, 2.05) is 18.2 Å². The summed E-state index contributed by atoms with van der Waals surface area (Å²) in [7, 11) is 1.68. The van der Waals surface area contributed by atoms with Gasteiger partial charge in [-0.15, -0.1) is 0 Å². The van der Waals surface area contributed by atoms with E-state index in [0.29, 0.717) is 12.5 Å². The third-order valence-corrected chi connectivity index (χ3v) is 4.10. The molecule has 0 bridgehead atoms. The van der Waals surface area contributed by atoms with Gasteiger partial charge in [-0.25, -0.2) is 0 Å². The lowest BCUT2D eigenvalue weighted by Crippen LogP contribution is -2.29. The second kappa shape index (κ2) is 7.12. The second-order valence-electron chi connectivity index (χ2n) is 4.67. The maximum absolute atomic E-state index is 5.83. The van der Waals surface area contributed by atoms with Crippen molar-refractivity contribution in [3.05, 3.63) is 28.2 Å². The molecule has 2 rings (SSSR count). The van der Waals surface area contributed by atoms with Gasteiger partial charge >= 0.3 is 0 Å². The number of benzene rings is 1. The van der Waals surface area contributed by atoms with E-state index in [1.165, 1.54) is 12.8 Å². The smallest absolute Gasteiger partial charge is 0.119 e. The maximum Gasteiger partial charge on any atom is 0.119 e. The summed E-state index contributed by atoms with van der Waals surface area (Å²) in [4.78, 5) is 0. The molecule has 1 fully saturated rings. The minimum Gasteiger partial charge on any atom is -0.497 e. The van der Waals surface area contributed by atoms with E-state index in [0.717, 1.165) is 35.5 Å². The molecule has 4 heteroatoms. The minimum atomic E-state index is 0.641. The maximum atomic E-state index is 5.83. The van der Waals surface area contributed by atoms with Crippen LogP contribution in [0.5, 0.6) is 5.75 Å². The minimum absolute atomic E-state index is 0.641. The van der Waals surface area contributed by atoms with Crippen molar-refractivity contribution < 1.29 is 9.47 Å². The van der Waals surface area contributed by atoms with Crippen molar-refractivity contribution in [2.45, 2.75) is 19.4 Å². The van der Waals surface area contributed by atoms with E-state index in [2.05, 4.69) is 21.2 Å². The van der Waals surface area contributed by atoms with Crippen LogP contribution >= 0.6 is 15.9 Å². The van der Waals surface area contributed by atoms with Crippen LogP contribution in [-0.4, -0.2) is 26.8 Å². The molecule has 0 spiro atoms. The molecule has 3 nitrogen and oxygen atoms in total. The molecule has 0 aromatic heterocycles. The van der Waals surface area contributed by atoms with Crippen LogP contribution in [0.25, 0.3) is 0 Å². The molecule has 1 aromatic rings. The number of methoxy groups -OCH3 is 1. The van der Waals surface area contributed by atoms with E-state index < -0.39 is 0 Å². The summed E-state index contributed by atoms with van der Waals surface area (Å²) in [6.45, 7) is 3.74. The molecule has 1 aliphatic rings. The van der Waals surface area contributed by atoms with Gasteiger partial charge in [0.25, 0.3) is 0 Å². The lowest BCUT2D eigenvalue weighted by atomic mass is 9.99. The molecule has 1 aromatic carbocycles.